The number of ether oxygens (including phenoxy) is 3. The van der Waals surface area contributed by atoms with Crippen LogP contribution in [0.25, 0.3) is 0 Å². The molecule has 3 fully saturated rings. The first-order chi connectivity index (χ1) is 13.7. The highest BCUT2D eigenvalue weighted by Crippen LogP contribution is 2.66. The molecule has 0 aromatic heterocycles. The number of esters is 2. The summed E-state index contributed by atoms with van der Waals surface area (Å²) < 4.78 is 16.8. The quantitative estimate of drug-likeness (QED) is 0.662. The average molecular weight is 404 g/mol. The van der Waals surface area contributed by atoms with Gasteiger partial charge in [0.15, 0.2) is 5.78 Å². The van der Waals surface area contributed by atoms with E-state index in [1.165, 1.54) is 6.08 Å². The highest BCUT2D eigenvalue weighted by Gasteiger charge is 2.71. The largest absolute Gasteiger partial charge is 0.466 e. The fourth-order valence-corrected chi connectivity index (χ4v) is 6.90. The Kier molecular flexibility index (Phi) is 4.72. The molecule has 158 valence electrons. The first-order valence-electron chi connectivity index (χ1n) is 10.3. The smallest absolute Gasteiger partial charge is 0.309 e. The van der Waals surface area contributed by atoms with Crippen LogP contribution < -0.4 is 0 Å². The summed E-state index contributed by atoms with van der Waals surface area (Å²) in [4.78, 5) is 50.6. The van der Waals surface area contributed by atoms with Gasteiger partial charge in [-0.2, -0.15) is 0 Å². The first-order valence-corrected chi connectivity index (χ1v) is 10.3. The molecule has 2 saturated carbocycles. The highest BCUT2D eigenvalue weighted by molar-refractivity contribution is 6.00. The zero-order chi connectivity index (χ0) is 21.1. The zero-order valence-corrected chi connectivity index (χ0v) is 17.4. The second kappa shape index (κ2) is 6.76. The molecule has 7 nitrogen and oxygen atoms in total. The highest BCUT2D eigenvalue weighted by atomic mass is 16.6. The number of carbonyl (C=O) groups is 4. The molecule has 0 amide bonds. The van der Waals surface area contributed by atoms with Crippen LogP contribution >= 0.6 is 0 Å². The lowest BCUT2D eigenvalue weighted by atomic mass is 9.45. The van der Waals surface area contributed by atoms with E-state index in [1.807, 2.05) is 6.92 Å². The van der Waals surface area contributed by atoms with Crippen LogP contribution in [0.2, 0.25) is 0 Å². The molecular weight excluding hydrogens is 376 g/mol. The van der Waals surface area contributed by atoms with Gasteiger partial charge < -0.3 is 14.2 Å². The summed E-state index contributed by atoms with van der Waals surface area (Å²) in [5.74, 6) is -2.05. The van der Waals surface area contributed by atoms with Crippen LogP contribution in [0.4, 0.5) is 0 Å². The summed E-state index contributed by atoms with van der Waals surface area (Å²) in [7, 11) is 1.54. The van der Waals surface area contributed by atoms with Gasteiger partial charge in [-0.15, -0.1) is 0 Å². The Morgan fingerprint density at radius 3 is 2.66 bits per heavy atom. The molecule has 4 aliphatic rings. The van der Waals surface area contributed by atoms with Crippen molar-refractivity contribution in [3.05, 3.63) is 11.6 Å². The molecule has 0 spiro atoms. The Morgan fingerprint density at radius 1 is 1.28 bits per heavy atom. The Hall–Kier alpha value is -2.02. The molecule has 0 N–H and O–H groups in total. The van der Waals surface area contributed by atoms with E-state index in [9.17, 15) is 19.2 Å². The summed E-state index contributed by atoms with van der Waals surface area (Å²) in [6.07, 6.45) is 2.02. The Morgan fingerprint density at radius 2 is 2.00 bits per heavy atom. The summed E-state index contributed by atoms with van der Waals surface area (Å²) >= 11 is 0. The van der Waals surface area contributed by atoms with Crippen molar-refractivity contribution in [1.29, 1.82) is 0 Å². The van der Waals surface area contributed by atoms with Gasteiger partial charge in [-0.3, -0.25) is 19.2 Å². The van der Waals surface area contributed by atoms with Crippen molar-refractivity contribution in [2.45, 2.75) is 58.2 Å². The van der Waals surface area contributed by atoms with E-state index in [1.54, 1.807) is 21.0 Å². The zero-order valence-electron chi connectivity index (χ0n) is 17.4. The molecule has 1 saturated heterocycles. The molecule has 7 heteroatoms. The monoisotopic (exact) mass is 404 g/mol. The van der Waals surface area contributed by atoms with Crippen molar-refractivity contribution in [3.8, 4) is 0 Å². The molecule has 7 atom stereocenters. The molecular formula is C22H28O7. The average Bonchev–Trinajstić information content (AvgIpc) is 3.18. The van der Waals surface area contributed by atoms with Crippen LogP contribution in [0.1, 0.15) is 46.5 Å². The summed E-state index contributed by atoms with van der Waals surface area (Å²) in [6, 6.07) is 0. The third-order valence-corrected chi connectivity index (χ3v) is 8.04. The van der Waals surface area contributed by atoms with Crippen LogP contribution in [-0.2, 0) is 33.4 Å². The lowest BCUT2D eigenvalue weighted by Crippen LogP contribution is -2.66. The summed E-state index contributed by atoms with van der Waals surface area (Å²) in [5, 5.41) is 0. The number of ketones is 2. The standard InChI is InChI=1S/C22H28O7/c1-5-28-19(26)10-22(27-4)11(2)6-16(24)14-9-15(23)12-7-17-13(8-18(25)29-17)20(12)21(14,22)3/h6,12-14,17,20H,5,7-10H2,1-4H3/t12-,13+,14+,17+,20+,21+,22+/m1/s1. The lowest BCUT2D eigenvalue weighted by molar-refractivity contribution is -0.192. The molecule has 1 heterocycles. The molecule has 29 heavy (non-hydrogen) atoms. The van der Waals surface area contributed by atoms with Gasteiger partial charge in [-0.1, -0.05) is 6.92 Å². The molecule has 0 radical (unpaired) electrons. The van der Waals surface area contributed by atoms with Gasteiger partial charge in [0.25, 0.3) is 0 Å². The van der Waals surface area contributed by atoms with E-state index in [0.717, 1.165) is 0 Å². The number of carbonyl (C=O) groups excluding carboxylic acids is 4. The van der Waals surface area contributed by atoms with Crippen LogP contribution in [0.5, 0.6) is 0 Å². The maximum atomic E-state index is 13.1. The number of fused-ring (bicyclic) bond motifs is 5. The predicted molar refractivity (Wildman–Crippen MR) is 101 cm³/mol. The van der Waals surface area contributed by atoms with Gasteiger partial charge in [-0.05, 0) is 37.8 Å². The third kappa shape index (κ3) is 2.59. The van der Waals surface area contributed by atoms with Crippen molar-refractivity contribution in [2.75, 3.05) is 13.7 Å². The van der Waals surface area contributed by atoms with Crippen LogP contribution in [0.3, 0.4) is 0 Å². The fourth-order valence-electron chi connectivity index (χ4n) is 6.90. The van der Waals surface area contributed by atoms with Gasteiger partial charge in [0, 0.05) is 36.7 Å². The van der Waals surface area contributed by atoms with E-state index >= 15 is 0 Å². The van der Waals surface area contributed by atoms with Crippen molar-refractivity contribution in [3.63, 3.8) is 0 Å². The Bertz CT molecular complexity index is 814. The first kappa shape index (κ1) is 20.3. The molecule has 3 aliphatic carbocycles. The minimum Gasteiger partial charge on any atom is -0.466 e. The number of hydrogen-bond donors (Lipinski definition) is 0. The Balaban J connectivity index is 1.88. The molecule has 0 unspecified atom stereocenters. The minimum atomic E-state index is -1.08. The number of methoxy groups -OCH3 is 1. The van der Waals surface area contributed by atoms with Crippen LogP contribution in [0.15, 0.2) is 11.6 Å². The van der Waals surface area contributed by atoms with E-state index in [4.69, 9.17) is 14.2 Å². The van der Waals surface area contributed by atoms with Gasteiger partial charge in [-0.25, -0.2) is 0 Å². The number of rotatable bonds is 4. The second-order valence-electron chi connectivity index (χ2n) is 9.01. The lowest BCUT2D eigenvalue weighted by Gasteiger charge is -2.60. The Labute approximate surface area is 170 Å². The number of Topliss-reactive ketones (excluding diaryl/α,β-unsaturated/α-hetero) is 1. The maximum absolute atomic E-state index is 13.1. The summed E-state index contributed by atoms with van der Waals surface area (Å²) in [5.41, 5.74) is -1.24. The van der Waals surface area contributed by atoms with E-state index in [-0.39, 0.29) is 67.3 Å². The van der Waals surface area contributed by atoms with Crippen molar-refractivity contribution in [1.82, 2.24) is 0 Å². The molecule has 1 aliphatic heterocycles. The van der Waals surface area contributed by atoms with Gasteiger partial charge in [0.1, 0.15) is 17.5 Å². The molecule has 4 rings (SSSR count). The van der Waals surface area contributed by atoms with Gasteiger partial charge in [0.05, 0.1) is 19.4 Å². The van der Waals surface area contributed by atoms with Crippen LogP contribution in [0, 0.1) is 29.1 Å². The van der Waals surface area contributed by atoms with E-state index < -0.39 is 22.9 Å². The number of hydrogen-bond acceptors (Lipinski definition) is 7. The van der Waals surface area contributed by atoms with E-state index in [2.05, 4.69) is 0 Å². The van der Waals surface area contributed by atoms with Crippen molar-refractivity contribution in [2.24, 2.45) is 29.1 Å². The number of allylic oxidation sites excluding steroid dienone is 1. The third-order valence-electron chi connectivity index (χ3n) is 8.04. The second-order valence-corrected chi connectivity index (χ2v) is 9.01. The molecule has 0 bridgehead atoms. The van der Waals surface area contributed by atoms with E-state index in [0.29, 0.717) is 12.0 Å². The molecule has 0 aromatic carbocycles. The van der Waals surface area contributed by atoms with Crippen LogP contribution in [-0.4, -0.2) is 48.9 Å². The maximum Gasteiger partial charge on any atom is 0.309 e. The summed E-state index contributed by atoms with van der Waals surface area (Å²) in [6.45, 7) is 5.76. The van der Waals surface area contributed by atoms with Crippen molar-refractivity contribution < 1.29 is 33.4 Å². The fraction of sp³-hybridized carbons (Fsp3) is 0.727. The topological polar surface area (TPSA) is 96.0 Å². The van der Waals surface area contributed by atoms with Crippen molar-refractivity contribution >= 4 is 23.5 Å². The normalized spacial score (nSPS) is 43.2. The molecule has 0 aromatic rings. The van der Waals surface area contributed by atoms with Gasteiger partial charge in [0.2, 0.25) is 0 Å². The minimum absolute atomic E-state index is 0.0381. The predicted octanol–water partition coefficient (Wildman–Crippen LogP) is 2.02. The SMILES string of the molecule is CCOC(=O)C[C@]1(OC)C(C)=CC(=O)[C@@H]2CC(=O)[C@H]3C[C@@H]4OC(=O)C[C@@H]4[C@H]3[C@]21C. The van der Waals surface area contributed by atoms with Gasteiger partial charge >= 0.3 is 11.9 Å².